The van der Waals surface area contributed by atoms with Crippen molar-refractivity contribution in [1.29, 1.82) is 0 Å². The lowest BCUT2D eigenvalue weighted by Gasteiger charge is -2.32. The van der Waals surface area contributed by atoms with Crippen molar-refractivity contribution >= 4 is 11.8 Å². The second-order valence-electron chi connectivity index (χ2n) is 3.89. The fourth-order valence-electron chi connectivity index (χ4n) is 2.03. The average molecular weight is 197 g/mol. The number of carbonyl (C=O) groups is 2. The van der Waals surface area contributed by atoms with E-state index in [1.165, 1.54) is 0 Å². The van der Waals surface area contributed by atoms with Gasteiger partial charge in [0.25, 0.3) is 0 Å². The molecule has 0 aromatic heterocycles. The molecule has 5 heteroatoms. The van der Waals surface area contributed by atoms with E-state index in [2.05, 4.69) is 5.32 Å². The van der Waals surface area contributed by atoms with Crippen LogP contribution in [0.4, 0.5) is 0 Å². The average Bonchev–Trinajstić information content (AvgIpc) is 2.47. The van der Waals surface area contributed by atoms with Crippen molar-refractivity contribution in [2.24, 2.45) is 5.73 Å². The fourth-order valence-corrected chi connectivity index (χ4v) is 2.03. The molecule has 78 valence electrons. The minimum absolute atomic E-state index is 0.0394. The summed E-state index contributed by atoms with van der Waals surface area (Å²) in [4.78, 5) is 24.5. The van der Waals surface area contributed by atoms with E-state index in [0.29, 0.717) is 13.0 Å². The van der Waals surface area contributed by atoms with Crippen molar-refractivity contribution in [3.8, 4) is 0 Å². The number of hydrogen-bond donors (Lipinski definition) is 2. The quantitative estimate of drug-likeness (QED) is 0.585. The van der Waals surface area contributed by atoms with E-state index < -0.39 is 0 Å². The number of hydrogen-bond acceptors (Lipinski definition) is 3. The standard InChI is InChI=1S/C9H15N3O2/c10-8(13)7-2-1-5-12(7)9(14)6-3-4-11-6/h6-7,11H,1-5H2,(H2,10,13)/t6-,7?/m1/s1. The number of carbonyl (C=O) groups excluding carboxylic acids is 2. The third kappa shape index (κ3) is 1.48. The van der Waals surface area contributed by atoms with E-state index in [9.17, 15) is 9.59 Å². The van der Waals surface area contributed by atoms with Gasteiger partial charge in [-0.15, -0.1) is 0 Å². The number of rotatable bonds is 2. The fraction of sp³-hybridized carbons (Fsp3) is 0.778. The van der Waals surface area contributed by atoms with Crippen LogP contribution in [-0.4, -0.2) is 41.9 Å². The van der Waals surface area contributed by atoms with Crippen molar-refractivity contribution in [2.75, 3.05) is 13.1 Å². The van der Waals surface area contributed by atoms with Crippen LogP contribution < -0.4 is 11.1 Å². The van der Waals surface area contributed by atoms with Gasteiger partial charge in [-0.25, -0.2) is 0 Å². The summed E-state index contributed by atoms with van der Waals surface area (Å²) in [5.74, 6) is -0.340. The molecular weight excluding hydrogens is 182 g/mol. The Morgan fingerprint density at radius 2 is 2.07 bits per heavy atom. The van der Waals surface area contributed by atoms with Gasteiger partial charge in [0.05, 0.1) is 6.04 Å². The topological polar surface area (TPSA) is 75.4 Å². The summed E-state index contributed by atoms with van der Waals surface area (Å²) in [6.07, 6.45) is 2.47. The van der Waals surface area contributed by atoms with Crippen LogP contribution in [0.25, 0.3) is 0 Å². The number of likely N-dealkylation sites (tertiary alicyclic amines) is 1. The van der Waals surface area contributed by atoms with Gasteiger partial charge >= 0.3 is 0 Å². The summed E-state index contributed by atoms with van der Waals surface area (Å²) < 4.78 is 0. The predicted octanol–water partition coefficient (Wildman–Crippen LogP) is -1.18. The van der Waals surface area contributed by atoms with Gasteiger partial charge in [0, 0.05) is 6.54 Å². The van der Waals surface area contributed by atoms with Crippen LogP contribution in [0.15, 0.2) is 0 Å². The Hall–Kier alpha value is -1.10. The van der Waals surface area contributed by atoms with Crippen LogP contribution in [0.5, 0.6) is 0 Å². The molecule has 2 aliphatic heterocycles. The van der Waals surface area contributed by atoms with E-state index in [4.69, 9.17) is 5.73 Å². The molecule has 2 rings (SSSR count). The number of nitrogens with two attached hydrogens (primary N) is 1. The Kier molecular flexibility index (Phi) is 2.41. The van der Waals surface area contributed by atoms with Gasteiger partial charge in [0.15, 0.2) is 0 Å². The first-order valence-electron chi connectivity index (χ1n) is 5.03. The lowest BCUT2D eigenvalue weighted by molar-refractivity contribution is -0.140. The lowest BCUT2D eigenvalue weighted by Crippen LogP contribution is -2.57. The van der Waals surface area contributed by atoms with Gasteiger partial charge in [-0.05, 0) is 25.8 Å². The zero-order valence-electron chi connectivity index (χ0n) is 8.03. The van der Waals surface area contributed by atoms with Crippen molar-refractivity contribution in [2.45, 2.75) is 31.3 Å². The van der Waals surface area contributed by atoms with Gasteiger partial charge in [-0.2, -0.15) is 0 Å². The molecule has 1 unspecified atom stereocenters. The minimum Gasteiger partial charge on any atom is -0.368 e. The lowest BCUT2D eigenvalue weighted by atomic mass is 10.1. The van der Waals surface area contributed by atoms with Gasteiger partial charge in [-0.3, -0.25) is 9.59 Å². The molecule has 2 heterocycles. The molecule has 0 saturated carbocycles. The van der Waals surface area contributed by atoms with E-state index in [-0.39, 0.29) is 23.9 Å². The number of primary amides is 1. The number of nitrogens with zero attached hydrogens (tertiary/aromatic N) is 1. The Morgan fingerprint density at radius 1 is 1.36 bits per heavy atom. The zero-order valence-corrected chi connectivity index (χ0v) is 8.03. The van der Waals surface area contributed by atoms with E-state index in [1.54, 1.807) is 4.90 Å². The molecule has 14 heavy (non-hydrogen) atoms. The first-order chi connectivity index (χ1) is 6.70. The minimum atomic E-state index is -0.379. The summed E-state index contributed by atoms with van der Waals surface area (Å²) >= 11 is 0. The highest BCUT2D eigenvalue weighted by Crippen LogP contribution is 2.19. The zero-order chi connectivity index (χ0) is 10.1. The molecule has 5 nitrogen and oxygen atoms in total. The summed E-state index contributed by atoms with van der Waals surface area (Å²) in [6, 6.07) is -0.445. The molecule has 0 aromatic carbocycles. The maximum absolute atomic E-state index is 11.8. The molecule has 2 aliphatic rings. The van der Waals surface area contributed by atoms with Gasteiger partial charge < -0.3 is 16.0 Å². The molecule has 0 radical (unpaired) electrons. The monoisotopic (exact) mass is 197 g/mol. The van der Waals surface area contributed by atoms with Crippen LogP contribution in [-0.2, 0) is 9.59 Å². The predicted molar refractivity (Wildman–Crippen MR) is 50.3 cm³/mol. The second-order valence-corrected chi connectivity index (χ2v) is 3.89. The van der Waals surface area contributed by atoms with Crippen molar-refractivity contribution in [1.82, 2.24) is 10.2 Å². The van der Waals surface area contributed by atoms with Crippen LogP contribution in [0.1, 0.15) is 19.3 Å². The summed E-state index contributed by atoms with van der Waals surface area (Å²) in [5.41, 5.74) is 5.23. The summed E-state index contributed by atoms with van der Waals surface area (Å²) in [5, 5.41) is 3.04. The van der Waals surface area contributed by atoms with Crippen LogP contribution >= 0.6 is 0 Å². The Balaban J connectivity index is 2.01. The van der Waals surface area contributed by atoms with E-state index in [0.717, 1.165) is 19.4 Å². The third-order valence-electron chi connectivity index (χ3n) is 2.99. The second kappa shape index (κ2) is 3.57. The summed E-state index contributed by atoms with van der Waals surface area (Å²) in [7, 11) is 0. The molecule has 0 aliphatic carbocycles. The van der Waals surface area contributed by atoms with Crippen molar-refractivity contribution in [3.63, 3.8) is 0 Å². The maximum Gasteiger partial charge on any atom is 0.240 e. The molecule has 3 N–H and O–H groups in total. The normalized spacial score (nSPS) is 31.3. The molecule has 2 fully saturated rings. The highest BCUT2D eigenvalue weighted by Gasteiger charge is 2.37. The Morgan fingerprint density at radius 3 is 2.57 bits per heavy atom. The first kappa shape index (κ1) is 9.45. The molecule has 2 amide bonds. The SMILES string of the molecule is NC(=O)C1CCCN1C(=O)[C@H]1CCN1. The van der Waals surface area contributed by atoms with Crippen LogP contribution in [0, 0.1) is 0 Å². The van der Waals surface area contributed by atoms with Gasteiger partial charge in [0.2, 0.25) is 11.8 Å². The maximum atomic E-state index is 11.8. The highest BCUT2D eigenvalue weighted by atomic mass is 16.2. The van der Waals surface area contributed by atoms with E-state index >= 15 is 0 Å². The molecule has 2 saturated heterocycles. The number of nitrogens with one attached hydrogen (secondary N) is 1. The molecule has 0 spiro atoms. The Bertz CT molecular complexity index is 263. The first-order valence-corrected chi connectivity index (χ1v) is 5.03. The number of amides is 2. The molecule has 0 bridgehead atoms. The van der Waals surface area contributed by atoms with Gasteiger partial charge in [-0.1, -0.05) is 0 Å². The van der Waals surface area contributed by atoms with E-state index in [1.807, 2.05) is 0 Å². The van der Waals surface area contributed by atoms with Crippen molar-refractivity contribution in [3.05, 3.63) is 0 Å². The van der Waals surface area contributed by atoms with Crippen LogP contribution in [0.2, 0.25) is 0 Å². The summed E-state index contributed by atoms with van der Waals surface area (Å²) in [6.45, 7) is 1.57. The molecule has 2 atom stereocenters. The highest BCUT2D eigenvalue weighted by molar-refractivity contribution is 5.90. The molecule has 0 aromatic rings. The van der Waals surface area contributed by atoms with Crippen molar-refractivity contribution < 1.29 is 9.59 Å². The smallest absolute Gasteiger partial charge is 0.240 e. The largest absolute Gasteiger partial charge is 0.368 e. The van der Waals surface area contributed by atoms with Crippen LogP contribution in [0.3, 0.4) is 0 Å². The third-order valence-corrected chi connectivity index (χ3v) is 2.99. The Labute approximate surface area is 82.6 Å². The van der Waals surface area contributed by atoms with Gasteiger partial charge in [0.1, 0.15) is 6.04 Å². The molecular formula is C9H15N3O2.